The molecule has 5 rings (SSSR count). The molecule has 45 heavy (non-hydrogen) atoms. The van der Waals surface area contributed by atoms with Crippen LogP contribution in [0.2, 0.25) is 5.02 Å². The molecule has 0 bridgehead atoms. The van der Waals surface area contributed by atoms with Crippen LogP contribution in [0.3, 0.4) is 0 Å². The summed E-state index contributed by atoms with van der Waals surface area (Å²) in [4.78, 5) is 25.5. The van der Waals surface area contributed by atoms with Crippen molar-refractivity contribution in [1.29, 1.82) is 0 Å². The lowest BCUT2D eigenvalue weighted by molar-refractivity contribution is -0.640. The maximum Gasteiger partial charge on any atom is 0.490 e. The average Bonchev–Trinajstić information content (AvgIpc) is 3.35. The Hall–Kier alpha value is -2.69. The summed E-state index contributed by atoms with van der Waals surface area (Å²) in [5.74, 6) is -2.27. The van der Waals surface area contributed by atoms with Crippen molar-refractivity contribution in [2.45, 2.75) is 83.4 Å². The van der Waals surface area contributed by atoms with Crippen molar-refractivity contribution in [3.63, 3.8) is 0 Å². The number of amides is 1. The lowest BCUT2D eigenvalue weighted by atomic mass is 9.69. The van der Waals surface area contributed by atoms with E-state index in [2.05, 4.69) is 54.4 Å². The van der Waals surface area contributed by atoms with Crippen LogP contribution in [0.1, 0.15) is 76.0 Å². The Morgan fingerprint density at radius 3 is 2.40 bits per heavy atom. The number of likely N-dealkylation sites (tertiary alicyclic amines) is 1. The summed E-state index contributed by atoms with van der Waals surface area (Å²) in [6.07, 6.45) is -0.412. The molecule has 1 amide bonds. The number of quaternary nitrogens is 1. The van der Waals surface area contributed by atoms with Gasteiger partial charge >= 0.3 is 12.1 Å². The Kier molecular flexibility index (Phi) is 13.3. The van der Waals surface area contributed by atoms with Crippen LogP contribution < -0.4 is 5.32 Å². The van der Waals surface area contributed by atoms with Gasteiger partial charge in [-0.05, 0) is 54.4 Å². The standard InChI is InChI=1S/C30H38ClFN2O2.C2HF3O2.C2H6/c1-3-20(4-2)27-15-22(21-8-6-5-7-9-21)10-12-34(27)29(35)25-17-33-18-30(25)19-36-13-11-23-14-24(31)16-26(32)28(23)30;3-2(4,5)1(6)7;1-2/h5-9,14,16,20,22,25,27,33H,3-4,10-13,15,17-19H2,1-2H3;(H,6,7);1-2H3/p+1/t22-,25+,27?,30+;;/m1../s1. The molecule has 0 aromatic heterocycles. The zero-order valence-corrected chi connectivity index (χ0v) is 27.3. The summed E-state index contributed by atoms with van der Waals surface area (Å²) >= 11 is 6.24. The number of alkyl halides is 3. The first-order valence-electron chi connectivity index (χ1n) is 16.0. The van der Waals surface area contributed by atoms with Crippen molar-refractivity contribution < 1.29 is 42.3 Å². The predicted molar refractivity (Wildman–Crippen MR) is 166 cm³/mol. The third kappa shape index (κ3) is 8.37. The fourth-order valence-electron chi connectivity index (χ4n) is 7.32. The smallest absolute Gasteiger partial charge is 0.475 e. The van der Waals surface area contributed by atoms with Crippen molar-refractivity contribution in [2.75, 3.05) is 32.8 Å². The van der Waals surface area contributed by atoms with Gasteiger partial charge in [-0.2, -0.15) is 13.2 Å². The van der Waals surface area contributed by atoms with Gasteiger partial charge in [0.05, 0.1) is 31.7 Å². The molecule has 2 aromatic carbocycles. The van der Waals surface area contributed by atoms with Crippen molar-refractivity contribution in [3.8, 4) is 0 Å². The second-order valence-corrected chi connectivity index (χ2v) is 12.2. The van der Waals surface area contributed by atoms with Gasteiger partial charge in [0.2, 0.25) is 5.91 Å². The molecule has 3 aliphatic heterocycles. The monoisotopic (exact) mass is 657 g/mol. The van der Waals surface area contributed by atoms with Gasteiger partial charge < -0.3 is 20.1 Å². The first-order valence-corrected chi connectivity index (χ1v) is 16.3. The summed E-state index contributed by atoms with van der Waals surface area (Å²) in [6.45, 7) is 11.5. The molecule has 2 aromatic rings. The first kappa shape index (κ1) is 36.8. The quantitative estimate of drug-likeness (QED) is 0.367. The minimum atomic E-state index is -5.08. The number of halogens is 5. The molecule has 2 fully saturated rings. The van der Waals surface area contributed by atoms with Crippen LogP contribution in [-0.2, 0) is 26.2 Å². The van der Waals surface area contributed by atoms with E-state index < -0.39 is 17.6 Å². The zero-order chi connectivity index (χ0) is 33.4. The molecule has 0 radical (unpaired) electrons. The molecule has 4 atom stereocenters. The summed E-state index contributed by atoms with van der Waals surface area (Å²) in [5.41, 5.74) is 2.27. The van der Waals surface area contributed by atoms with E-state index in [0.717, 1.165) is 37.8 Å². The Morgan fingerprint density at radius 1 is 1.16 bits per heavy atom. The predicted octanol–water partition coefficient (Wildman–Crippen LogP) is 6.35. The average molecular weight is 658 g/mol. The number of carbonyl (C=O) groups excluding carboxylic acids is 1. The molecule has 2 saturated heterocycles. The number of hydrogen-bond donors (Lipinski definition) is 2. The second-order valence-electron chi connectivity index (χ2n) is 11.8. The highest BCUT2D eigenvalue weighted by atomic mass is 35.5. The fourth-order valence-corrected chi connectivity index (χ4v) is 7.54. The van der Waals surface area contributed by atoms with Gasteiger partial charge in [-0.25, -0.2) is 9.18 Å². The summed E-state index contributed by atoms with van der Waals surface area (Å²) in [6, 6.07) is 14.2. The highest BCUT2D eigenvalue weighted by Crippen LogP contribution is 2.43. The summed E-state index contributed by atoms with van der Waals surface area (Å²) in [7, 11) is 0. The minimum Gasteiger partial charge on any atom is -0.475 e. The van der Waals surface area contributed by atoms with Gasteiger partial charge in [0, 0.05) is 23.2 Å². The van der Waals surface area contributed by atoms with Gasteiger partial charge in [-0.3, -0.25) is 4.79 Å². The van der Waals surface area contributed by atoms with Gasteiger partial charge in [0.15, 0.2) is 0 Å². The molecule has 3 heterocycles. The molecular formula is C34H46ClF4N2O4+. The van der Waals surface area contributed by atoms with E-state index >= 15 is 4.39 Å². The Morgan fingerprint density at radius 2 is 1.80 bits per heavy atom. The molecule has 250 valence electrons. The van der Waals surface area contributed by atoms with Crippen LogP contribution >= 0.6 is 11.6 Å². The largest absolute Gasteiger partial charge is 0.490 e. The molecule has 0 aliphatic carbocycles. The lowest BCUT2D eigenvalue weighted by Gasteiger charge is -2.45. The van der Waals surface area contributed by atoms with Crippen molar-refractivity contribution in [1.82, 2.24) is 4.90 Å². The van der Waals surface area contributed by atoms with Crippen LogP contribution in [0.25, 0.3) is 0 Å². The molecule has 11 heteroatoms. The van der Waals surface area contributed by atoms with Crippen molar-refractivity contribution in [2.24, 2.45) is 11.8 Å². The first-order chi connectivity index (χ1) is 21.4. The third-order valence-electron chi connectivity index (χ3n) is 9.42. The van der Waals surface area contributed by atoms with Gasteiger partial charge in [-0.15, -0.1) is 0 Å². The van der Waals surface area contributed by atoms with Crippen molar-refractivity contribution >= 4 is 23.5 Å². The summed E-state index contributed by atoms with van der Waals surface area (Å²) in [5, 5.41) is 9.71. The Bertz CT molecular complexity index is 1270. The van der Waals surface area contributed by atoms with Crippen LogP contribution in [0.4, 0.5) is 17.6 Å². The zero-order valence-electron chi connectivity index (χ0n) is 26.5. The number of ether oxygens (including phenoxy) is 1. The van der Waals surface area contributed by atoms with Crippen LogP contribution in [0.5, 0.6) is 0 Å². The number of hydrogen-bond acceptors (Lipinski definition) is 3. The van der Waals surface area contributed by atoms with Crippen LogP contribution in [-0.4, -0.2) is 66.9 Å². The van der Waals surface area contributed by atoms with Gasteiger partial charge in [0.1, 0.15) is 11.7 Å². The summed E-state index contributed by atoms with van der Waals surface area (Å²) < 4.78 is 53.4. The van der Waals surface area contributed by atoms with E-state index in [-0.39, 0.29) is 23.7 Å². The molecule has 3 N–H and O–H groups in total. The Balaban J connectivity index is 0.000000544. The molecular weight excluding hydrogens is 612 g/mol. The molecule has 1 unspecified atom stereocenters. The van der Waals surface area contributed by atoms with Crippen molar-refractivity contribution in [3.05, 3.63) is 70.0 Å². The highest BCUT2D eigenvalue weighted by Gasteiger charge is 2.56. The van der Waals surface area contributed by atoms with E-state index in [9.17, 15) is 18.0 Å². The van der Waals surface area contributed by atoms with E-state index in [1.807, 2.05) is 19.9 Å². The minimum absolute atomic E-state index is 0.179. The number of carboxylic acids is 1. The number of nitrogens with two attached hydrogens (primary N) is 1. The van der Waals surface area contributed by atoms with Gasteiger partial charge in [0.25, 0.3) is 0 Å². The number of rotatable bonds is 5. The molecule has 6 nitrogen and oxygen atoms in total. The number of carbonyl (C=O) groups is 2. The van der Waals surface area contributed by atoms with E-state index in [1.165, 1.54) is 11.6 Å². The molecule has 3 aliphatic rings. The van der Waals surface area contributed by atoms with Crippen LogP contribution in [0.15, 0.2) is 42.5 Å². The SMILES string of the molecule is CC.CCC(CC)C1C[C@H](c2ccccc2)CCN1C(=O)[C@@H]1C[NH2+]C[C@]12COCCc1cc(Cl)cc(F)c12.O=C(O)C(F)(F)F. The number of carboxylic acid groups (broad SMARTS) is 1. The van der Waals surface area contributed by atoms with E-state index in [1.54, 1.807) is 0 Å². The van der Waals surface area contributed by atoms with Crippen LogP contribution in [0, 0.1) is 17.7 Å². The Labute approximate surface area is 268 Å². The fraction of sp³-hybridized carbons (Fsp3) is 0.588. The van der Waals surface area contributed by atoms with E-state index in [4.69, 9.17) is 26.2 Å². The third-order valence-corrected chi connectivity index (χ3v) is 9.64. The number of piperidine rings is 1. The maximum absolute atomic E-state index is 15.6. The second kappa shape index (κ2) is 16.2. The van der Waals surface area contributed by atoms with E-state index in [0.29, 0.717) is 55.1 Å². The topological polar surface area (TPSA) is 83.5 Å². The number of fused-ring (bicyclic) bond motifs is 2. The highest BCUT2D eigenvalue weighted by molar-refractivity contribution is 6.30. The molecule has 1 spiro atoms. The number of nitrogens with zero attached hydrogens (tertiary/aromatic N) is 1. The number of aliphatic carboxylic acids is 1. The maximum atomic E-state index is 15.6. The lowest BCUT2D eigenvalue weighted by Crippen LogP contribution is -2.82. The van der Waals surface area contributed by atoms with Gasteiger partial charge in [-0.1, -0.05) is 82.5 Å². The molecule has 0 saturated carbocycles. The normalized spacial score (nSPS) is 24.6. The number of benzene rings is 2.